The number of hydrogen-bond acceptors (Lipinski definition) is 3. The third kappa shape index (κ3) is 2.98. The van der Waals surface area contributed by atoms with E-state index >= 15 is 0 Å². The van der Waals surface area contributed by atoms with Gasteiger partial charge in [-0.1, -0.05) is 0 Å². The van der Waals surface area contributed by atoms with Crippen molar-refractivity contribution < 1.29 is 0 Å². The highest BCUT2D eigenvalue weighted by atomic mass is 32.2. The van der Waals surface area contributed by atoms with Gasteiger partial charge >= 0.3 is 0 Å². The standard InChI is InChI=1S/C8H13NS2/c1-2-3-7(9)8-6-10-4-5-11-8/h1,7-8H,3-6,9H2. The van der Waals surface area contributed by atoms with Crippen LogP contribution < -0.4 is 5.73 Å². The van der Waals surface area contributed by atoms with Gasteiger partial charge in [0.05, 0.1) is 0 Å². The number of nitrogens with two attached hydrogens (primary N) is 1. The minimum atomic E-state index is 0.206. The van der Waals surface area contributed by atoms with Crippen LogP contribution in [0.4, 0.5) is 0 Å². The maximum atomic E-state index is 5.88. The molecule has 11 heavy (non-hydrogen) atoms. The molecule has 2 N–H and O–H groups in total. The molecule has 0 amide bonds. The molecule has 0 aromatic heterocycles. The Kier molecular flexibility index (Phi) is 4.21. The van der Waals surface area contributed by atoms with Crippen LogP contribution in [0.25, 0.3) is 0 Å². The van der Waals surface area contributed by atoms with Crippen molar-refractivity contribution in [2.24, 2.45) is 5.73 Å². The zero-order chi connectivity index (χ0) is 8.10. The molecule has 1 rings (SSSR count). The first-order valence-electron chi connectivity index (χ1n) is 3.73. The molecule has 2 atom stereocenters. The maximum Gasteiger partial charge on any atom is 0.0299 e. The first kappa shape index (κ1) is 9.31. The molecular weight excluding hydrogens is 174 g/mol. The van der Waals surface area contributed by atoms with Crippen LogP contribution in [0, 0.1) is 12.3 Å². The summed E-state index contributed by atoms with van der Waals surface area (Å²) >= 11 is 3.96. The zero-order valence-electron chi connectivity index (χ0n) is 6.45. The number of hydrogen-bond donors (Lipinski definition) is 1. The van der Waals surface area contributed by atoms with E-state index in [1.165, 1.54) is 17.3 Å². The van der Waals surface area contributed by atoms with E-state index in [0.717, 1.165) is 6.42 Å². The SMILES string of the molecule is C#CCC(N)C1CSCCS1. The largest absolute Gasteiger partial charge is 0.326 e. The molecule has 1 aliphatic rings. The van der Waals surface area contributed by atoms with Gasteiger partial charge in [-0.05, 0) is 0 Å². The van der Waals surface area contributed by atoms with Crippen LogP contribution >= 0.6 is 23.5 Å². The van der Waals surface area contributed by atoms with Crippen LogP contribution in [0.2, 0.25) is 0 Å². The van der Waals surface area contributed by atoms with E-state index in [9.17, 15) is 0 Å². The molecule has 0 bridgehead atoms. The first-order chi connectivity index (χ1) is 5.34. The Morgan fingerprint density at radius 3 is 3.00 bits per heavy atom. The lowest BCUT2D eigenvalue weighted by atomic mass is 10.2. The van der Waals surface area contributed by atoms with Gasteiger partial charge in [-0.25, -0.2) is 0 Å². The molecule has 0 aromatic rings. The van der Waals surface area contributed by atoms with Crippen molar-refractivity contribution in [2.45, 2.75) is 17.7 Å². The molecule has 1 saturated heterocycles. The van der Waals surface area contributed by atoms with Crippen LogP contribution in [-0.4, -0.2) is 28.6 Å². The van der Waals surface area contributed by atoms with Crippen LogP contribution in [0.1, 0.15) is 6.42 Å². The van der Waals surface area contributed by atoms with E-state index in [2.05, 4.69) is 5.92 Å². The first-order valence-corrected chi connectivity index (χ1v) is 5.93. The van der Waals surface area contributed by atoms with Gasteiger partial charge < -0.3 is 5.73 Å². The topological polar surface area (TPSA) is 26.0 Å². The van der Waals surface area contributed by atoms with E-state index in [1.54, 1.807) is 0 Å². The third-order valence-corrected chi connectivity index (χ3v) is 4.61. The monoisotopic (exact) mass is 187 g/mol. The fourth-order valence-electron chi connectivity index (χ4n) is 1.02. The quantitative estimate of drug-likeness (QED) is 0.658. The molecule has 1 heterocycles. The zero-order valence-corrected chi connectivity index (χ0v) is 8.09. The summed E-state index contributed by atoms with van der Waals surface area (Å²) in [5.41, 5.74) is 5.88. The Bertz CT molecular complexity index is 147. The highest BCUT2D eigenvalue weighted by molar-refractivity contribution is 8.06. The fourth-order valence-corrected chi connectivity index (χ4v) is 3.84. The van der Waals surface area contributed by atoms with E-state index in [4.69, 9.17) is 12.2 Å². The molecule has 62 valence electrons. The molecule has 0 spiro atoms. The molecule has 1 nitrogen and oxygen atoms in total. The Hall–Kier alpha value is 0.220. The summed E-state index contributed by atoms with van der Waals surface area (Å²) in [5.74, 6) is 6.29. The Labute approximate surface area is 76.9 Å². The minimum Gasteiger partial charge on any atom is -0.326 e. The smallest absolute Gasteiger partial charge is 0.0299 e. The average molecular weight is 187 g/mol. The second kappa shape index (κ2) is 4.97. The van der Waals surface area contributed by atoms with E-state index < -0.39 is 0 Å². The van der Waals surface area contributed by atoms with Gasteiger partial charge in [0.2, 0.25) is 0 Å². The van der Waals surface area contributed by atoms with Crippen molar-refractivity contribution in [1.82, 2.24) is 0 Å². The van der Waals surface area contributed by atoms with Crippen molar-refractivity contribution in [3.63, 3.8) is 0 Å². The Morgan fingerprint density at radius 1 is 1.64 bits per heavy atom. The van der Waals surface area contributed by atoms with E-state index in [-0.39, 0.29) is 6.04 Å². The highest BCUT2D eigenvalue weighted by Crippen LogP contribution is 2.26. The summed E-state index contributed by atoms with van der Waals surface area (Å²) in [4.78, 5) is 0. The summed E-state index contributed by atoms with van der Waals surface area (Å²) in [7, 11) is 0. The molecular formula is C8H13NS2. The number of rotatable bonds is 2. The normalized spacial score (nSPS) is 27.5. The molecule has 1 fully saturated rings. The van der Waals surface area contributed by atoms with Gasteiger partial charge in [-0.3, -0.25) is 0 Å². The lowest BCUT2D eigenvalue weighted by Crippen LogP contribution is -2.35. The maximum absolute atomic E-state index is 5.88. The highest BCUT2D eigenvalue weighted by Gasteiger charge is 2.20. The second-order valence-electron chi connectivity index (χ2n) is 2.56. The molecule has 1 aliphatic heterocycles. The molecule has 0 aliphatic carbocycles. The summed E-state index contributed by atoms with van der Waals surface area (Å²) in [5, 5.41) is 0.588. The molecule has 0 saturated carbocycles. The van der Waals surface area contributed by atoms with E-state index in [0.29, 0.717) is 5.25 Å². The summed E-state index contributed by atoms with van der Waals surface area (Å²) < 4.78 is 0. The van der Waals surface area contributed by atoms with Gasteiger partial charge in [0, 0.05) is 35.0 Å². The number of thioether (sulfide) groups is 2. The number of terminal acetylenes is 1. The summed E-state index contributed by atoms with van der Waals surface area (Å²) in [6, 6.07) is 0.206. The lowest BCUT2D eigenvalue weighted by molar-refractivity contribution is 0.688. The van der Waals surface area contributed by atoms with Crippen molar-refractivity contribution in [3.05, 3.63) is 0 Å². The fraction of sp³-hybridized carbons (Fsp3) is 0.750. The van der Waals surface area contributed by atoms with Gasteiger partial charge in [0.25, 0.3) is 0 Å². The van der Waals surface area contributed by atoms with Crippen molar-refractivity contribution >= 4 is 23.5 Å². The third-order valence-electron chi connectivity index (χ3n) is 1.67. The van der Waals surface area contributed by atoms with Crippen LogP contribution in [0.15, 0.2) is 0 Å². The van der Waals surface area contributed by atoms with Crippen molar-refractivity contribution in [1.29, 1.82) is 0 Å². The Balaban J connectivity index is 2.27. The van der Waals surface area contributed by atoms with E-state index in [1.807, 2.05) is 23.5 Å². The van der Waals surface area contributed by atoms with Gasteiger partial charge in [0.1, 0.15) is 0 Å². The van der Waals surface area contributed by atoms with Gasteiger partial charge in [-0.15, -0.1) is 12.3 Å². The van der Waals surface area contributed by atoms with Gasteiger partial charge in [-0.2, -0.15) is 23.5 Å². The predicted molar refractivity (Wildman–Crippen MR) is 55.0 cm³/mol. The Morgan fingerprint density at radius 2 is 2.45 bits per heavy atom. The second-order valence-corrected chi connectivity index (χ2v) is 5.05. The lowest BCUT2D eigenvalue weighted by Gasteiger charge is -2.25. The van der Waals surface area contributed by atoms with Crippen molar-refractivity contribution in [2.75, 3.05) is 17.3 Å². The van der Waals surface area contributed by atoms with Crippen molar-refractivity contribution in [3.8, 4) is 12.3 Å². The van der Waals surface area contributed by atoms with Crippen LogP contribution in [-0.2, 0) is 0 Å². The summed E-state index contributed by atoms with van der Waals surface area (Å²) in [6.07, 6.45) is 5.91. The molecule has 0 aromatic carbocycles. The molecule has 0 radical (unpaired) electrons. The minimum absolute atomic E-state index is 0.206. The molecule has 3 heteroatoms. The average Bonchev–Trinajstić information content (AvgIpc) is 2.07. The molecule has 2 unspecified atom stereocenters. The summed E-state index contributed by atoms with van der Waals surface area (Å²) in [6.45, 7) is 0. The predicted octanol–water partition coefficient (Wildman–Crippen LogP) is 1.19. The van der Waals surface area contributed by atoms with Gasteiger partial charge in [0.15, 0.2) is 0 Å². The van der Waals surface area contributed by atoms with Crippen LogP contribution in [0.5, 0.6) is 0 Å². The van der Waals surface area contributed by atoms with Crippen LogP contribution in [0.3, 0.4) is 0 Å².